The summed E-state index contributed by atoms with van der Waals surface area (Å²) in [5, 5.41) is 1.68. The second-order valence-corrected chi connectivity index (χ2v) is 3.24. The predicted molar refractivity (Wildman–Crippen MR) is 38.6 cm³/mol. The number of thiophene rings is 1. The van der Waals surface area contributed by atoms with E-state index in [1.807, 2.05) is 0 Å². The summed E-state index contributed by atoms with van der Waals surface area (Å²) >= 11 is 1.11. The average Bonchev–Trinajstić information content (AvgIpc) is 2.11. The van der Waals surface area contributed by atoms with Crippen molar-refractivity contribution in [3.05, 3.63) is 21.9 Å². The molecule has 0 aromatic carbocycles. The van der Waals surface area contributed by atoms with Crippen molar-refractivity contribution in [2.24, 2.45) is 0 Å². The summed E-state index contributed by atoms with van der Waals surface area (Å²) in [5.74, 6) is -2.67. The van der Waals surface area contributed by atoms with Crippen LogP contribution in [0.15, 0.2) is 11.4 Å². The molecule has 0 bridgehead atoms. The van der Waals surface area contributed by atoms with E-state index >= 15 is 0 Å². The van der Waals surface area contributed by atoms with E-state index in [0.29, 0.717) is 5.56 Å². The first-order valence-corrected chi connectivity index (χ1v) is 3.82. The lowest BCUT2D eigenvalue weighted by Gasteiger charge is -2.07. The highest BCUT2D eigenvalue weighted by molar-refractivity contribution is 7.10. The summed E-state index contributed by atoms with van der Waals surface area (Å²) in [4.78, 5) is 0.174. The van der Waals surface area contributed by atoms with Crippen molar-refractivity contribution in [3.8, 4) is 0 Å². The van der Waals surface area contributed by atoms with Crippen LogP contribution in [0, 0.1) is 6.92 Å². The number of hydrogen-bond donors (Lipinski definition) is 0. The van der Waals surface area contributed by atoms with E-state index in [1.54, 1.807) is 18.4 Å². The Morgan fingerprint density at radius 1 is 1.50 bits per heavy atom. The summed E-state index contributed by atoms with van der Waals surface area (Å²) in [6.45, 7) is 2.62. The van der Waals surface area contributed by atoms with Crippen molar-refractivity contribution in [1.29, 1.82) is 0 Å². The van der Waals surface area contributed by atoms with Crippen LogP contribution in [0.4, 0.5) is 8.78 Å². The summed E-state index contributed by atoms with van der Waals surface area (Å²) < 4.78 is 25.1. The first-order valence-electron chi connectivity index (χ1n) is 2.94. The van der Waals surface area contributed by atoms with Crippen LogP contribution in [0.25, 0.3) is 0 Å². The van der Waals surface area contributed by atoms with E-state index in [9.17, 15) is 8.78 Å². The number of rotatable bonds is 1. The minimum absolute atomic E-state index is 0.174. The largest absolute Gasteiger partial charge is 0.279 e. The standard InChI is InChI=1S/C7H8F2S/c1-5-3-4-10-6(5)7(2,8)9/h3-4H,1-2H3. The number of aryl methyl sites for hydroxylation is 1. The second-order valence-electron chi connectivity index (χ2n) is 2.32. The van der Waals surface area contributed by atoms with Gasteiger partial charge in [-0.25, -0.2) is 8.78 Å². The van der Waals surface area contributed by atoms with Crippen molar-refractivity contribution < 1.29 is 8.78 Å². The van der Waals surface area contributed by atoms with E-state index in [4.69, 9.17) is 0 Å². The average molecular weight is 162 g/mol. The van der Waals surface area contributed by atoms with Crippen molar-refractivity contribution in [2.75, 3.05) is 0 Å². The highest BCUT2D eigenvalue weighted by Crippen LogP contribution is 2.33. The Morgan fingerprint density at radius 2 is 2.10 bits per heavy atom. The van der Waals surface area contributed by atoms with Gasteiger partial charge in [0.05, 0.1) is 4.88 Å². The molecule has 0 radical (unpaired) electrons. The van der Waals surface area contributed by atoms with Gasteiger partial charge in [-0.15, -0.1) is 11.3 Å². The molecule has 0 nitrogen and oxygen atoms in total. The normalized spacial score (nSPS) is 12.0. The van der Waals surface area contributed by atoms with Crippen LogP contribution in [0.3, 0.4) is 0 Å². The van der Waals surface area contributed by atoms with Crippen LogP contribution < -0.4 is 0 Å². The van der Waals surface area contributed by atoms with Gasteiger partial charge in [0.1, 0.15) is 0 Å². The fraction of sp³-hybridized carbons (Fsp3) is 0.429. The Morgan fingerprint density at radius 3 is 2.30 bits per heavy atom. The number of halogens is 2. The monoisotopic (exact) mass is 162 g/mol. The van der Waals surface area contributed by atoms with Gasteiger partial charge in [-0.3, -0.25) is 0 Å². The van der Waals surface area contributed by atoms with Gasteiger partial charge in [-0.2, -0.15) is 0 Å². The van der Waals surface area contributed by atoms with Crippen LogP contribution in [-0.2, 0) is 5.92 Å². The molecule has 1 aromatic rings. The highest BCUT2D eigenvalue weighted by Gasteiger charge is 2.27. The van der Waals surface area contributed by atoms with E-state index in [2.05, 4.69) is 0 Å². The zero-order valence-corrected chi connectivity index (χ0v) is 6.64. The maximum absolute atomic E-state index is 12.6. The SMILES string of the molecule is Cc1ccsc1C(C)(F)F. The Hall–Kier alpha value is -0.440. The van der Waals surface area contributed by atoms with Crippen molar-refractivity contribution >= 4 is 11.3 Å². The van der Waals surface area contributed by atoms with Gasteiger partial charge >= 0.3 is 0 Å². The molecular weight excluding hydrogens is 154 g/mol. The maximum Gasteiger partial charge on any atom is 0.279 e. The van der Waals surface area contributed by atoms with Crippen LogP contribution >= 0.6 is 11.3 Å². The van der Waals surface area contributed by atoms with E-state index < -0.39 is 5.92 Å². The van der Waals surface area contributed by atoms with Crippen LogP contribution in [0.2, 0.25) is 0 Å². The fourth-order valence-electron chi connectivity index (χ4n) is 0.822. The van der Waals surface area contributed by atoms with Crippen molar-refractivity contribution in [2.45, 2.75) is 19.8 Å². The second kappa shape index (κ2) is 2.31. The van der Waals surface area contributed by atoms with Gasteiger partial charge in [-0.05, 0) is 23.9 Å². The van der Waals surface area contributed by atoms with E-state index in [1.165, 1.54) is 0 Å². The summed E-state index contributed by atoms with van der Waals surface area (Å²) in [7, 11) is 0. The van der Waals surface area contributed by atoms with Gasteiger partial charge in [0.25, 0.3) is 5.92 Å². The Kier molecular flexibility index (Phi) is 1.77. The molecule has 3 heteroatoms. The molecule has 0 atom stereocenters. The van der Waals surface area contributed by atoms with Gasteiger partial charge in [0.15, 0.2) is 0 Å². The fourth-order valence-corrected chi connectivity index (χ4v) is 1.69. The Labute approximate surface area is 62.5 Å². The summed E-state index contributed by atoms with van der Waals surface area (Å²) in [5.41, 5.74) is 0.678. The zero-order valence-electron chi connectivity index (χ0n) is 5.82. The lowest BCUT2D eigenvalue weighted by molar-refractivity contribution is 0.0209. The molecule has 0 saturated heterocycles. The van der Waals surface area contributed by atoms with Crippen molar-refractivity contribution in [1.82, 2.24) is 0 Å². The molecule has 1 heterocycles. The maximum atomic E-state index is 12.6. The third-order valence-electron chi connectivity index (χ3n) is 1.26. The van der Waals surface area contributed by atoms with E-state index in [0.717, 1.165) is 18.3 Å². The molecule has 0 aliphatic carbocycles. The summed E-state index contributed by atoms with van der Waals surface area (Å²) in [6.07, 6.45) is 0. The molecule has 0 unspecified atom stereocenters. The molecule has 0 aliphatic heterocycles. The van der Waals surface area contributed by atoms with Crippen LogP contribution in [0.5, 0.6) is 0 Å². The highest BCUT2D eigenvalue weighted by atomic mass is 32.1. The number of alkyl halides is 2. The molecule has 56 valence electrons. The quantitative estimate of drug-likeness (QED) is 0.595. The minimum atomic E-state index is -2.67. The zero-order chi connectivity index (χ0) is 7.78. The van der Waals surface area contributed by atoms with Gasteiger partial charge in [-0.1, -0.05) is 0 Å². The summed E-state index contributed by atoms with van der Waals surface area (Å²) in [6, 6.07) is 1.71. The van der Waals surface area contributed by atoms with Gasteiger partial charge in [0, 0.05) is 6.92 Å². The topological polar surface area (TPSA) is 0 Å². The molecule has 0 aliphatic rings. The molecule has 0 amide bonds. The first-order chi connectivity index (χ1) is 4.52. The Bertz CT molecular complexity index is 222. The molecule has 0 fully saturated rings. The smallest absolute Gasteiger partial charge is 0.201 e. The van der Waals surface area contributed by atoms with E-state index in [-0.39, 0.29) is 4.88 Å². The van der Waals surface area contributed by atoms with Crippen LogP contribution in [0.1, 0.15) is 17.4 Å². The van der Waals surface area contributed by atoms with Gasteiger partial charge in [0.2, 0.25) is 0 Å². The Balaban J connectivity index is 3.05. The third kappa shape index (κ3) is 1.34. The molecule has 0 N–H and O–H groups in total. The lowest BCUT2D eigenvalue weighted by atomic mass is 10.2. The molecule has 1 rings (SSSR count). The van der Waals surface area contributed by atoms with Crippen LogP contribution in [-0.4, -0.2) is 0 Å². The molecule has 10 heavy (non-hydrogen) atoms. The molecule has 1 aromatic heterocycles. The first kappa shape index (κ1) is 7.66. The minimum Gasteiger partial charge on any atom is -0.201 e. The molecule has 0 spiro atoms. The number of hydrogen-bond acceptors (Lipinski definition) is 1. The third-order valence-corrected chi connectivity index (χ3v) is 2.45. The predicted octanol–water partition coefficient (Wildman–Crippen LogP) is 3.17. The van der Waals surface area contributed by atoms with Crippen molar-refractivity contribution in [3.63, 3.8) is 0 Å². The van der Waals surface area contributed by atoms with Gasteiger partial charge < -0.3 is 0 Å². The molecular formula is C7H8F2S. The molecule has 0 saturated carbocycles. The lowest BCUT2D eigenvalue weighted by Crippen LogP contribution is -2.05.